The molecule has 2 rings (SSSR count). The van der Waals surface area contributed by atoms with Gasteiger partial charge in [-0.15, -0.1) is 0 Å². The zero-order chi connectivity index (χ0) is 11.4. The largest absolute Gasteiger partial charge is 0.386 e. The second-order valence-corrected chi connectivity index (χ2v) is 5.00. The smallest absolute Gasteiger partial charge is 0.185 e. The SMILES string of the molecule is NC(CC1CCCCC1)C(O)C1OCCO1. The summed E-state index contributed by atoms with van der Waals surface area (Å²) >= 11 is 0. The first-order valence-electron chi connectivity index (χ1n) is 6.44. The fraction of sp³-hybridized carbons (Fsp3) is 1.00. The standard InChI is InChI=1S/C12H23NO3/c13-10(8-9-4-2-1-3-5-9)11(14)12-15-6-7-16-12/h9-12,14H,1-8,13H2. The highest BCUT2D eigenvalue weighted by Gasteiger charge is 2.31. The molecule has 94 valence electrons. The van der Waals surface area contributed by atoms with Crippen molar-refractivity contribution in [1.29, 1.82) is 0 Å². The van der Waals surface area contributed by atoms with Crippen LogP contribution in [0.15, 0.2) is 0 Å². The molecule has 1 saturated heterocycles. The van der Waals surface area contributed by atoms with Crippen LogP contribution < -0.4 is 5.73 Å². The number of rotatable bonds is 4. The summed E-state index contributed by atoms with van der Waals surface area (Å²) in [6, 6.07) is -0.216. The van der Waals surface area contributed by atoms with Crippen molar-refractivity contribution in [3.05, 3.63) is 0 Å². The average molecular weight is 229 g/mol. The number of aliphatic hydroxyl groups is 1. The van der Waals surface area contributed by atoms with Crippen molar-refractivity contribution in [2.75, 3.05) is 13.2 Å². The molecule has 1 aliphatic heterocycles. The lowest BCUT2D eigenvalue weighted by Gasteiger charge is -2.28. The number of ether oxygens (including phenoxy) is 2. The van der Waals surface area contributed by atoms with E-state index in [9.17, 15) is 5.11 Å². The molecule has 0 bridgehead atoms. The Balaban J connectivity index is 1.74. The summed E-state index contributed by atoms with van der Waals surface area (Å²) in [7, 11) is 0. The quantitative estimate of drug-likeness (QED) is 0.755. The lowest BCUT2D eigenvalue weighted by atomic mass is 9.84. The Hall–Kier alpha value is -0.160. The van der Waals surface area contributed by atoms with Crippen LogP contribution in [0.25, 0.3) is 0 Å². The van der Waals surface area contributed by atoms with Crippen LogP contribution >= 0.6 is 0 Å². The van der Waals surface area contributed by atoms with Gasteiger partial charge in [0.2, 0.25) is 0 Å². The van der Waals surface area contributed by atoms with Crippen LogP contribution in [0, 0.1) is 5.92 Å². The predicted octanol–water partition coefficient (Wildman–Crippen LogP) is 1.02. The molecular formula is C12H23NO3. The highest BCUT2D eigenvalue weighted by molar-refractivity contribution is 4.80. The van der Waals surface area contributed by atoms with Gasteiger partial charge in [0.15, 0.2) is 6.29 Å². The maximum absolute atomic E-state index is 9.97. The van der Waals surface area contributed by atoms with Gasteiger partial charge in [0.05, 0.1) is 13.2 Å². The van der Waals surface area contributed by atoms with Gasteiger partial charge in [0.25, 0.3) is 0 Å². The molecule has 4 nitrogen and oxygen atoms in total. The molecule has 1 saturated carbocycles. The molecule has 2 aliphatic rings. The van der Waals surface area contributed by atoms with Crippen LogP contribution in [0.1, 0.15) is 38.5 Å². The van der Waals surface area contributed by atoms with Gasteiger partial charge < -0.3 is 20.3 Å². The molecule has 0 aromatic rings. The molecule has 0 spiro atoms. The summed E-state index contributed by atoms with van der Waals surface area (Å²) in [5, 5.41) is 9.97. The van der Waals surface area contributed by atoms with E-state index < -0.39 is 12.4 Å². The van der Waals surface area contributed by atoms with Crippen molar-refractivity contribution in [1.82, 2.24) is 0 Å². The van der Waals surface area contributed by atoms with Gasteiger partial charge in [0.1, 0.15) is 6.10 Å². The van der Waals surface area contributed by atoms with Gasteiger partial charge in [0, 0.05) is 6.04 Å². The van der Waals surface area contributed by atoms with Crippen molar-refractivity contribution in [2.24, 2.45) is 11.7 Å². The van der Waals surface area contributed by atoms with Crippen LogP contribution in [-0.4, -0.2) is 36.8 Å². The van der Waals surface area contributed by atoms with Crippen LogP contribution in [0.2, 0.25) is 0 Å². The minimum absolute atomic E-state index is 0.216. The number of aliphatic hydroxyl groups excluding tert-OH is 1. The Kier molecular flexibility index (Phi) is 4.58. The van der Waals surface area contributed by atoms with Crippen LogP contribution in [0.3, 0.4) is 0 Å². The first kappa shape index (κ1) is 12.3. The Morgan fingerprint density at radius 2 is 1.75 bits per heavy atom. The minimum Gasteiger partial charge on any atom is -0.386 e. The zero-order valence-electron chi connectivity index (χ0n) is 9.81. The lowest BCUT2D eigenvalue weighted by molar-refractivity contribution is -0.129. The first-order valence-corrected chi connectivity index (χ1v) is 6.44. The number of nitrogens with two attached hydrogens (primary N) is 1. The second-order valence-electron chi connectivity index (χ2n) is 5.00. The molecule has 1 heterocycles. The third kappa shape index (κ3) is 3.17. The summed E-state index contributed by atoms with van der Waals surface area (Å²) in [4.78, 5) is 0. The predicted molar refractivity (Wildman–Crippen MR) is 60.9 cm³/mol. The van der Waals surface area contributed by atoms with Crippen molar-refractivity contribution in [3.8, 4) is 0 Å². The number of hydrogen-bond acceptors (Lipinski definition) is 4. The van der Waals surface area contributed by atoms with Crippen LogP contribution in [0.5, 0.6) is 0 Å². The van der Waals surface area contributed by atoms with Crippen molar-refractivity contribution < 1.29 is 14.6 Å². The Bertz CT molecular complexity index is 200. The van der Waals surface area contributed by atoms with E-state index in [1.165, 1.54) is 32.1 Å². The summed E-state index contributed by atoms with van der Waals surface area (Å²) in [6.07, 6.45) is 6.20. The molecule has 0 radical (unpaired) electrons. The topological polar surface area (TPSA) is 64.7 Å². The molecular weight excluding hydrogens is 206 g/mol. The summed E-state index contributed by atoms with van der Waals surface area (Å²) in [6.45, 7) is 1.13. The van der Waals surface area contributed by atoms with Crippen LogP contribution in [-0.2, 0) is 9.47 Å². The van der Waals surface area contributed by atoms with E-state index in [4.69, 9.17) is 15.2 Å². The molecule has 1 aliphatic carbocycles. The van der Waals surface area contributed by atoms with Gasteiger partial charge in [-0.3, -0.25) is 0 Å². The summed E-state index contributed by atoms with van der Waals surface area (Å²) in [5.74, 6) is 0.680. The van der Waals surface area contributed by atoms with Gasteiger partial charge in [-0.05, 0) is 12.3 Å². The normalized spacial score (nSPS) is 28.1. The minimum atomic E-state index is -0.676. The highest BCUT2D eigenvalue weighted by Crippen LogP contribution is 2.28. The molecule has 0 aromatic heterocycles. The number of hydrogen-bond donors (Lipinski definition) is 2. The van der Waals surface area contributed by atoms with Gasteiger partial charge in [-0.1, -0.05) is 32.1 Å². The van der Waals surface area contributed by atoms with E-state index in [1.54, 1.807) is 0 Å². The van der Waals surface area contributed by atoms with E-state index in [1.807, 2.05) is 0 Å². The maximum Gasteiger partial charge on any atom is 0.185 e. The van der Waals surface area contributed by atoms with Gasteiger partial charge in [-0.2, -0.15) is 0 Å². The molecule has 4 heteroatoms. The van der Waals surface area contributed by atoms with Gasteiger partial charge >= 0.3 is 0 Å². The monoisotopic (exact) mass is 229 g/mol. The Morgan fingerprint density at radius 1 is 1.12 bits per heavy atom. The fourth-order valence-electron chi connectivity index (χ4n) is 2.72. The van der Waals surface area contributed by atoms with E-state index in [2.05, 4.69) is 0 Å². The van der Waals surface area contributed by atoms with E-state index in [0.717, 1.165) is 6.42 Å². The highest BCUT2D eigenvalue weighted by atomic mass is 16.7. The zero-order valence-corrected chi connectivity index (χ0v) is 9.81. The Morgan fingerprint density at radius 3 is 2.38 bits per heavy atom. The third-order valence-electron chi connectivity index (χ3n) is 3.70. The van der Waals surface area contributed by atoms with E-state index in [-0.39, 0.29) is 6.04 Å². The molecule has 2 fully saturated rings. The second kappa shape index (κ2) is 5.96. The molecule has 16 heavy (non-hydrogen) atoms. The van der Waals surface area contributed by atoms with Crippen molar-refractivity contribution >= 4 is 0 Å². The van der Waals surface area contributed by atoms with E-state index >= 15 is 0 Å². The van der Waals surface area contributed by atoms with E-state index in [0.29, 0.717) is 19.1 Å². The Labute approximate surface area is 97.1 Å². The lowest BCUT2D eigenvalue weighted by Crippen LogP contribution is -2.44. The molecule has 3 N–H and O–H groups in total. The van der Waals surface area contributed by atoms with Gasteiger partial charge in [-0.25, -0.2) is 0 Å². The molecule has 0 aromatic carbocycles. The molecule has 2 atom stereocenters. The summed E-state index contributed by atoms with van der Waals surface area (Å²) < 4.78 is 10.5. The first-order chi connectivity index (χ1) is 7.77. The molecule has 0 amide bonds. The summed E-state index contributed by atoms with van der Waals surface area (Å²) in [5.41, 5.74) is 6.02. The van der Waals surface area contributed by atoms with Crippen molar-refractivity contribution in [2.45, 2.75) is 57.0 Å². The van der Waals surface area contributed by atoms with Crippen LogP contribution in [0.4, 0.5) is 0 Å². The third-order valence-corrected chi connectivity index (χ3v) is 3.70. The maximum atomic E-state index is 9.97. The average Bonchev–Trinajstić information content (AvgIpc) is 2.83. The van der Waals surface area contributed by atoms with Crippen molar-refractivity contribution in [3.63, 3.8) is 0 Å². The molecule has 2 unspecified atom stereocenters. The fourth-order valence-corrected chi connectivity index (χ4v) is 2.72.